The van der Waals surface area contributed by atoms with E-state index >= 15 is 0 Å². The zero-order chi connectivity index (χ0) is 12.8. The van der Waals surface area contributed by atoms with Crippen LogP contribution < -0.4 is 5.73 Å². The van der Waals surface area contributed by atoms with Gasteiger partial charge in [0.1, 0.15) is 0 Å². The topological polar surface area (TPSA) is 46.2 Å². The van der Waals surface area contributed by atoms with Gasteiger partial charge in [0, 0.05) is 12.0 Å². The average Bonchev–Trinajstić information content (AvgIpc) is 2.99. The highest BCUT2D eigenvalue weighted by Gasteiger charge is 2.60. The third-order valence-electron chi connectivity index (χ3n) is 6.77. The van der Waals surface area contributed by atoms with Crippen LogP contribution in [-0.2, 0) is 0 Å². The number of rotatable bonds is 3. The molecule has 2 heteroatoms. The van der Waals surface area contributed by atoms with Crippen LogP contribution in [0.3, 0.4) is 0 Å². The first kappa shape index (κ1) is 12.9. The predicted molar refractivity (Wildman–Crippen MR) is 74.1 cm³/mol. The molecular weight excluding hydrogens is 222 g/mol. The fourth-order valence-corrected chi connectivity index (χ4v) is 5.40. The minimum absolute atomic E-state index is 0.0541. The summed E-state index contributed by atoms with van der Waals surface area (Å²) < 4.78 is 0. The van der Waals surface area contributed by atoms with E-state index in [2.05, 4.69) is 6.92 Å². The Labute approximate surface area is 111 Å². The molecule has 0 amide bonds. The third-order valence-corrected chi connectivity index (χ3v) is 6.77. The highest BCUT2D eigenvalue weighted by molar-refractivity contribution is 5.12. The Bertz CT molecular complexity index is 308. The van der Waals surface area contributed by atoms with Crippen LogP contribution in [0, 0.1) is 23.2 Å². The van der Waals surface area contributed by atoms with Crippen LogP contribution in [0.1, 0.15) is 64.7 Å². The minimum Gasteiger partial charge on any atom is -0.389 e. The highest BCUT2D eigenvalue weighted by atomic mass is 16.3. The molecule has 0 spiro atoms. The van der Waals surface area contributed by atoms with E-state index in [0.29, 0.717) is 12.5 Å². The van der Waals surface area contributed by atoms with E-state index in [1.807, 2.05) is 0 Å². The maximum Gasteiger partial charge on any atom is 0.0746 e. The third kappa shape index (κ3) is 1.68. The summed E-state index contributed by atoms with van der Waals surface area (Å²) in [6.07, 6.45) is 11.1. The van der Waals surface area contributed by atoms with Gasteiger partial charge in [0.15, 0.2) is 0 Å². The van der Waals surface area contributed by atoms with Gasteiger partial charge in [-0.3, -0.25) is 0 Å². The lowest BCUT2D eigenvalue weighted by Gasteiger charge is -2.52. The van der Waals surface area contributed by atoms with E-state index in [-0.39, 0.29) is 5.41 Å². The van der Waals surface area contributed by atoms with E-state index in [1.165, 1.54) is 51.4 Å². The standard InChI is InChI=1S/C16H29NO/c1-2-12-5-7-15(11-17,8-6-12)16(18)10-13-3-4-14(16)9-13/h12-14,18H,2-11,17H2,1H3. The Morgan fingerprint density at radius 3 is 2.33 bits per heavy atom. The van der Waals surface area contributed by atoms with Gasteiger partial charge in [-0.1, -0.05) is 13.3 Å². The molecule has 0 aromatic heterocycles. The van der Waals surface area contributed by atoms with Gasteiger partial charge in [-0.05, 0) is 69.1 Å². The van der Waals surface area contributed by atoms with E-state index in [0.717, 1.165) is 18.3 Å². The molecule has 3 saturated carbocycles. The van der Waals surface area contributed by atoms with E-state index in [4.69, 9.17) is 5.73 Å². The summed E-state index contributed by atoms with van der Waals surface area (Å²) in [5, 5.41) is 11.3. The fourth-order valence-electron chi connectivity index (χ4n) is 5.40. The molecule has 2 nitrogen and oxygen atoms in total. The first-order valence-corrected chi connectivity index (χ1v) is 8.06. The van der Waals surface area contributed by atoms with Gasteiger partial charge in [-0.25, -0.2) is 0 Å². The van der Waals surface area contributed by atoms with Crippen LogP contribution in [0.15, 0.2) is 0 Å². The minimum atomic E-state index is -0.413. The predicted octanol–water partition coefficient (Wildman–Crippen LogP) is 3.08. The van der Waals surface area contributed by atoms with Crippen molar-refractivity contribution in [1.29, 1.82) is 0 Å². The molecule has 0 radical (unpaired) electrons. The molecule has 0 aliphatic heterocycles. The van der Waals surface area contributed by atoms with Crippen molar-refractivity contribution >= 4 is 0 Å². The molecule has 3 aliphatic rings. The van der Waals surface area contributed by atoms with Gasteiger partial charge in [0.25, 0.3) is 0 Å². The summed E-state index contributed by atoms with van der Waals surface area (Å²) in [6, 6.07) is 0. The smallest absolute Gasteiger partial charge is 0.0746 e. The molecule has 3 aliphatic carbocycles. The van der Waals surface area contributed by atoms with Crippen LogP contribution >= 0.6 is 0 Å². The molecule has 3 fully saturated rings. The van der Waals surface area contributed by atoms with Crippen LogP contribution in [0.5, 0.6) is 0 Å². The van der Waals surface area contributed by atoms with Gasteiger partial charge in [0.05, 0.1) is 5.60 Å². The normalized spacial score (nSPS) is 51.8. The second-order valence-corrected chi connectivity index (χ2v) is 7.34. The summed E-state index contributed by atoms with van der Waals surface area (Å²) in [6.45, 7) is 3.00. The zero-order valence-electron chi connectivity index (χ0n) is 11.8. The lowest BCUT2D eigenvalue weighted by molar-refractivity contribution is -0.139. The van der Waals surface area contributed by atoms with Crippen molar-refractivity contribution in [2.24, 2.45) is 28.9 Å². The Kier molecular flexibility index (Phi) is 3.22. The lowest BCUT2D eigenvalue weighted by Crippen LogP contribution is -2.57. The van der Waals surface area contributed by atoms with Crippen molar-refractivity contribution in [1.82, 2.24) is 0 Å². The fraction of sp³-hybridized carbons (Fsp3) is 1.00. The molecule has 2 bridgehead atoms. The maximum absolute atomic E-state index is 11.3. The summed E-state index contributed by atoms with van der Waals surface area (Å²) in [5.41, 5.74) is 5.80. The van der Waals surface area contributed by atoms with Crippen LogP contribution in [0.25, 0.3) is 0 Å². The molecule has 0 aromatic rings. The first-order valence-electron chi connectivity index (χ1n) is 8.06. The first-order chi connectivity index (χ1) is 8.63. The molecular formula is C16H29NO. The van der Waals surface area contributed by atoms with Crippen LogP contribution in [0.4, 0.5) is 0 Å². The molecule has 3 N–H and O–H groups in total. The van der Waals surface area contributed by atoms with Crippen LogP contribution in [-0.4, -0.2) is 17.3 Å². The summed E-state index contributed by atoms with van der Waals surface area (Å²) >= 11 is 0. The number of fused-ring (bicyclic) bond motifs is 2. The van der Waals surface area contributed by atoms with E-state index < -0.39 is 5.60 Å². The Morgan fingerprint density at radius 1 is 1.17 bits per heavy atom. The van der Waals surface area contributed by atoms with Crippen molar-refractivity contribution in [3.63, 3.8) is 0 Å². The van der Waals surface area contributed by atoms with E-state index in [9.17, 15) is 5.11 Å². The SMILES string of the molecule is CCC1CCC(CN)(C2(O)CC3CCC2C3)CC1. The molecule has 3 atom stereocenters. The van der Waals surface area contributed by atoms with Gasteiger partial charge in [-0.2, -0.15) is 0 Å². The number of nitrogens with two attached hydrogens (primary N) is 1. The quantitative estimate of drug-likeness (QED) is 0.809. The van der Waals surface area contributed by atoms with E-state index in [1.54, 1.807) is 0 Å². The van der Waals surface area contributed by atoms with Crippen LogP contribution in [0.2, 0.25) is 0 Å². The number of aliphatic hydroxyl groups is 1. The Hall–Kier alpha value is -0.0800. The van der Waals surface area contributed by atoms with Gasteiger partial charge in [-0.15, -0.1) is 0 Å². The average molecular weight is 251 g/mol. The van der Waals surface area contributed by atoms with Crippen molar-refractivity contribution in [2.45, 2.75) is 70.3 Å². The van der Waals surface area contributed by atoms with Gasteiger partial charge in [0.2, 0.25) is 0 Å². The zero-order valence-corrected chi connectivity index (χ0v) is 11.8. The monoisotopic (exact) mass is 251 g/mol. The molecule has 0 saturated heterocycles. The molecule has 0 aromatic carbocycles. The lowest BCUT2D eigenvalue weighted by atomic mass is 9.56. The van der Waals surface area contributed by atoms with Crippen molar-refractivity contribution in [2.75, 3.05) is 6.54 Å². The molecule has 3 rings (SSSR count). The maximum atomic E-state index is 11.3. The van der Waals surface area contributed by atoms with Gasteiger partial charge >= 0.3 is 0 Å². The Balaban J connectivity index is 1.80. The summed E-state index contributed by atoms with van der Waals surface area (Å²) in [5.74, 6) is 2.24. The summed E-state index contributed by atoms with van der Waals surface area (Å²) in [4.78, 5) is 0. The Morgan fingerprint density at radius 2 is 1.89 bits per heavy atom. The molecule has 18 heavy (non-hydrogen) atoms. The number of hydrogen-bond donors (Lipinski definition) is 2. The molecule has 104 valence electrons. The van der Waals surface area contributed by atoms with Crippen molar-refractivity contribution < 1.29 is 5.11 Å². The molecule has 3 unspecified atom stereocenters. The van der Waals surface area contributed by atoms with Crippen molar-refractivity contribution in [3.8, 4) is 0 Å². The number of hydrogen-bond acceptors (Lipinski definition) is 2. The largest absolute Gasteiger partial charge is 0.389 e. The second-order valence-electron chi connectivity index (χ2n) is 7.34. The second kappa shape index (κ2) is 4.49. The summed E-state index contributed by atoms with van der Waals surface area (Å²) in [7, 11) is 0. The van der Waals surface area contributed by atoms with Gasteiger partial charge < -0.3 is 10.8 Å². The highest BCUT2D eigenvalue weighted by Crippen LogP contribution is 2.61. The van der Waals surface area contributed by atoms with Crippen molar-refractivity contribution in [3.05, 3.63) is 0 Å². The molecule has 0 heterocycles.